The number of nitrogens with zero attached hydrogens (tertiary/aromatic N) is 1. The van der Waals surface area contributed by atoms with Crippen LogP contribution in [-0.2, 0) is 0 Å². The van der Waals surface area contributed by atoms with E-state index in [0.29, 0.717) is 6.04 Å². The fraction of sp³-hybridized carbons (Fsp3) is 0.417. The van der Waals surface area contributed by atoms with Crippen molar-refractivity contribution in [2.75, 3.05) is 6.54 Å². The first kappa shape index (κ1) is 10.5. The third kappa shape index (κ3) is 1.83. The van der Waals surface area contributed by atoms with Crippen molar-refractivity contribution in [1.82, 2.24) is 10.3 Å². The molecule has 1 atom stereocenters. The highest BCUT2D eigenvalue weighted by Gasteiger charge is 2.18. The Labute approximate surface area is 104 Å². The molecule has 0 aliphatic carbocycles. The van der Waals surface area contributed by atoms with Crippen molar-refractivity contribution >= 4 is 33.2 Å². The highest BCUT2D eigenvalue weighted by Crippen LogP contribution is 2.34. The topological polar surface area (TPSA) is 24.9 Å². The van der Waals surface area contributed by atoms with E-state index in [9.17, 15) is 0 Å². The highest BCUT2D eigenvalue weighted by atomic mass is 35.5. The van der Waals surface area contributed by atoms with Crippen LogP contribution < -0.4 is 5.32 Å². The van der Waals surface area contributed by atoms with Gasteiger partial charge in [0.2, 0.25) is 0 Å². The first-order valence-corrected chi connectivity index (χ1v) is 6.82. The van der Waals surface area contributed by atoms with E-state index in [4.69, 9.17) is 11.6 Å². The van der Waals surface area contributed by atoms with Gasteiger partial charge in [0.05, 0.1) is 21.3 Å². The minimum Gasteiger partial charge on any atom is -0.308 e. The third-order valence-electron chi connectivity index (χ3n) is 2.99. The van der Waals surface area contributed by atoms with Gasteiger partial charge in [-0.05, 0) is 31.5 Å². The van der Waals surface area contributed by atoms with E-state index in [-0.39, 0.29) is 0 Å². The standard InChI is InChI=1S/C12H13ClN2S/c13-8-4-3-6-9-11(8)16-12(15-9)10-5-1-2-7-14-10/h3-4,6,10,14H,1-2,5,7H2. The molecule has 1 aromatic carbocycles. The molecule has 0 amide bonds. The molecule has 4 heteroatoms. The average molecular weight is 253 g/mol. The summed E-state index contributed by atoms with van der Waals surface area (Å²) in [4.78, 5) is 4.67. The molecule has 2 aromatic rings. The average Bonchev–Trinajstić information content (AvgIpc) is 2.76. The number of hydrogen-bond donors (Lipinski definition) is 1. The fourth-order valence-corrected chi connectivity index (χ4v) is 3.51. The molecular weight excluding hydrogens is 240 g/mol. The number of hydrogen-bond acceptors (Lipinski definition) is 3. The van der Waals surface area contributed by atoms with Gasteiger partial charge < -0.3 is 5.32 Å². The third-order valence-corrected chi connectivity index (χ3v) is 4.64. The number of piperidine rings is 1. The number of rotatable bonds is 1. The predicted molar refractivity (Wildman–Crippen MR) is 69.2 cm³/mol. The fourth-order valence-electron chi connectivity index (χ4n) is 2.14. The van der Waals surface area contributed by atoms with Gasteiger partial charge in [-0.2, -0.15) is 0 Å². The van der Waals surface area contributed by atoms with E-state index in [1.807, 2.05) is 18.2 Å². The Morgan fingerprint density at radius 3 is 3.06 bits per heavy atom. The van der Waals surface area contributed by atoms with Gasteiger partial charge in [-0.25, -0.2) is 4.98 Å². The van der Waals surface area contributed by atoms with Crippen LogP contribution >= 0.6 is 22.9 Å². The van der Waals surface area contributed by atoms with Crippen LogP contribution in [-0.4, -0.2) is 11.5 Å². The van der Waals surface area contributed by atoms with E-state index in [1.165, 1.54) is 24.3 Å². The number of thiazole rings is 1. The molecule has 1 saturated heterocycles. The van der Waals surface area contributed by atoms with Crippen LogP contribution in [0.3, 0.4) is 0 Å². The molecule has 0 saturated carbocycles. The van der Waals surface area contributed by atoms with Crippen LogP contribution in [0.15, 0.2) is 18.2 Å². The number of aromatic nitrogens is 1. The number of fused-ring (bicyclic) bond motifs is 1. The van der Waals surface area contributed by atoms with E-state index in [2.05, 4.69) is 10.3 Å². The largest absolute Gasteiger partial charge is 0.308 e. The van der Waals surface area contributed by atoms with Gasteiger partial charge in [0.15, 0.2) is 0 Å². The summed E-state index contributed by atoms with van der Waals surface area (Å²) in [6.07, 6.45) is 3.76. The van der Waals surface area contributed by atoms with Gasteiger partial charge in [0, 0.05) is 0 Å². The summed E-state index contributed by atoms with van der Waals surface area (Å²) in [6.45, 7) is 1.11. The summed E-state index contributed by atoms with van der Waals surface area (Å²) in [6, 6.07) is 6.36. The van der Waals surface area contributed by atoms with Gasteiger partial charge in [-0.1, -0.05) is 24.1 Å². The first-order chi connectivity index (χ1) is 7.84. The normalized spacial score (nSPS) is 21.4. The minimum atomic E-state index is 0.433. The Morgan fingerprint density at radius 1 is 1.38 bits per heavy atom. The molecule has 1 unspecified atom stereocenters. The Bertz CT molecular complexity index is 503. The lowest BCUT2D eigenvalue weighted by atomic mass is 10.1. The van der Waals surface area contributed by atoms with Crippen LogP contribution in [0, 0.1) is 0 Å². The van der Waals surface area contributed by atoms with Crippen LogP contribution in [0.2, 0.25) is 5.02 Å². The molecule has 2 heterocycles. The quantitative estimate of drug-likeness (QED) is 0.836. The zero-order valence-electron chi connectivity index (χ0n) is 8.87. The lowest BCUT2D eigenvalue weighted by Gasteiger charge is -2.20. The zero-order chi connectivity index (χ0) is 11.0. The smallest absolute Gasteiger partial charge is 0.111 e. The van der Waals surface area contributed by atoms with Crippen LogP contribution in [0.5, 0.6) is 0 Å². The molecule has 2 nitrogen and oxygen atoms in total. The second-order valence-electron chi connectivity index (χ2n) is 4.14. The molecule has 1 aromatic heterocycles. The Kier molecular flexibility index (Phi) is 2.84. The van der Waals surface area contributed by atoms with Gasteiger partial charge in [-0.15, -0.1) is 11.3 Å². The molecule has 0 radical (unpaired) electrons. The zero-order valence-corrected chi connectivity index (χ0v) is 10.4. The maximum Gasteiger partial charge on any atom is 0.111 e. The molecule has 0 bridgehead atoms. The number of nitrogens with one attached hydrogen (secondary N) is 1. The second kappa shape index (κ2) is 4.32. The van der Waals surface area contributed by atoms with Gasteiger partial charge in [-0.3, -0.25) is 0 Å². The summed E-state index contributed by atoms with van der Waals surface area (Å²) in [5, 5.41) is 5.52. The van der Waals surface area contributed by atoms with Crippen molar-refractivity contribution in [3.63, 3.8) is 0 Å². The van der Waals surface area contributed by atoms with Crippen molar-refractivity contribution in [3.8, 4) is 0 Å². The molecule has 1 N–H and O–H groups in total. The van der Waals surface area contributed by atoms with Crippen molar-refractivity contribution in [2.45, 2.75) is 25.3 Å². The van der Waals surface area contributed by atoms with Crippen LogP contribution in [0.25, 0.3) is 10.2 Å². The van der Waals surface area contributed by atoms with Crippen molar-refractivity contribution in [3.05, 3.63) is 28.2 Å². The summed E-state index contributed by atoms with van der Waals surface area (Å²) in [5.74, 6) is 0. The van der Waals surface area contributed by atoms with Crippen LogP contribution in [0.4, 0.5) is 0 Å². The van der Waals surface area contributed by atoms with Gasteiger partial charge in [0.25, 0.3) is 0 Å². The molecule has 1 aliphatic heterocycles. The molecule has 1 aliphatic rings. The molecule has 3 rings (SSSR count). The van der Waals surface area contributed by atoms with Gasteiger partial charge >= 0.3 is 0 Å². The SMILES string of the molecule is Clc1cccc2nc(C3CCCCN3)sc12. The molecule has 16 heavy (non-hydrogen) atoms. The van der Waals surface area contributed by atoms with Crippen LogP contribution in [0.1, 0.15) is 30.3 Å². The van der Waals surface area contributed by atoms with Crippen molar-refractivity contribution in [2.24, 2.45) is 0 Å². The minimum absolute atomic E-state index is 0.433. The Morgan fingerprint density at radius 2 is 2.31 bits per heavy atom. The first-order valence-electron chi connectivity index (χ1n) is 5.63. The second-order valence-corrected chi connectivity index (χ2v) is 5.58. The summed E-state index contributed by atoms with van der Waals surface area (Å²) in [5.41, 5.74) is 1.03. The van der Waals surface area contributed by atoms with E-state index in [0.717, 1.165) is 21.8 Å². The van der Waals surface area contributed by atoms with Gasteiger partial charge in [0.1, 0.15) is 5.01 Å². The van der Waals surface area contributed by atoms with E-state index >= 15 is 0 Å². The maximum atomic E-state index is 6.16. The molecule has 1 fully saturated rings. The van der Waals surface area contributed by atoms with Crippen molar-refractivity contribution in [1.29, 1.82) is 0 Å². The molecular formula is C12H13ClN2S. The summed E-state index contributed by atoms with van der Waals surface area (Å²) in [7, 11) is 0. The number of benzene rings is 1. The summed E-state index contributed by atoms with van der Waals surface area (Å²) >= 11 is 7.88. The maximum absolute atomic E-state index is 6.16. The monoisotopic (exact) mass is 252 g/mol. The Hall–Kier alpha value is -0.640. The lowest BCUT2D eigenvalue weighted by molar-refractivity contribution is 0.411. The molecule has 84 valence electrons. The highest BCUT2D eigenvalue weighted by molar-refractivity contribution is 7.19. The van der Waals surface area contributed by atoms with E-state index in [1.54, 1.807) is 11.3 Å². The molecule has 0 spiro atoms. The number of halogens is 1. The van der Waals surface area contributed by atoms with E-state index < -0.39 is 0 Å². The predicted octanol–water partition coefficient (Wildman–Crippen LogP) is 3.76. The Balaban J connectivity index is 2.01. The lowest BCUT2D eigenvalue weighted by Crippen LogP contribution is -2.26. The summed E-state index contributed by atoms with van der Waals surface area (Å²) < 4.78 is 1.12. The van der Waals surface area contributed by atoms with Crippen molar-refractivity contribution < 1.29 is 0 Å².